The van der Waals surface area contributed by atoms with Gasteiger partial charge < -0.3 is 10.1 Å². The first kappa shape index (κ1) is 10.2. The molecule has 1 aromatic heterocycles. The highest BCUT2D eigenvalue weighted by atomic mass is 35.5. The van der Waals surface area contributed by atoms with Gasteiger partial charge in [0.2, 0.25) is 0 Å². The van der Waals surface area contributed by atoms with Crippen LogP contribution < -0.4 is 5.32 Å². The van der Waals surface area contributed by atoms with Crippen molar-refractivity contribution in [3.05, 3.63) is 17.0 Å². The van der Waals surface area contributed by atoms with Crippen LogP contribution in [0.25, 0.3) is 0 Å². The van der Waals surface area contributed by atoms with Crippen LogP contribution in [0.1, 0.15) is 23.3 Å². The first-order valence-corrected chi connectivity index (χ1v) is 4.96. The molecule has 15 heavy (non-hydrogen) atoms. The third kappa shape index (κ3) is 2.36. The lowest BCUT2D eigenvalue weighted by molar-refractivity contribution is 0.0594. The summed E-state index contributed by atoms with van der Waals surface area (Å²) in [5, 5.41) is 3.19. The number of nitrogens with zero attached hydrogens (tertiary/aromatic N) is 2. The van der Waals surface area contributed by atoms with Crippen LogP contribution in [-0.2, 0) is 4.74 Å². The number of hydrogen-bond donors (Lipinski definition) is 1. The second-order valence-electron chi connectivity index (χ2n) is 3.30. The Morgan fingerprint density at radius 1 is 1.67 bits per heavy atom. The molecule has 0 aromatic carbocycles. The van der Waals surface area contributed by atoms with E-state index in [-0.39, 0.29) is 10.8 Å². The Labute approximate surface area is 91.8 Å². The van der Waals surface area contributed by atoms with Gasteiger partial charge in [-0.2, -0.15) is 0 Å². The van der Waals surface area contributed by atoms with Gasteiger partial charge in [-0.05, 0) is 12.8 Å². The fraction of sp³-hybridized carbons (Fsp3) is 0.444. The molecule has 0 aliphatic heterocycles. The molecule has 5 nitrogen and oxygen atoms in total. The maximum Gasteiger partial charge on any atom is 0.359 e. The zero-order valence-corrected chi connectivity index (χ0v) is 8.91. The molecule has 0 amide bonds. The molecule has 0 radical (unpaired) electrons. The van der Waals surface area contributed by atoms with Crippen LogP contribution in [0, 0.1) is 0 Å². The topological polar surface area (TPSA) is 64.1 Å². The zero-order valence-electron chi connectivity index (χ0n) is 8.16. The number of halogens is 1. The summed E-state index contributed by atoms with van der Waals surface area (Å²) >= 11 is 5.79. The Balaban J connectivity index is 2.17. The van der Waals surface area contributed by atoms with Crippen molar-refractivity contribution in [1.82, 2.24) is 9.97 Å². The molecule has 1 aliphatic rings. The number of esters is 1. The normalized spacial score (nSPS) is 14.8. The minimum atomic E-state index is -0.578. The molecular formula is C9H10ClN3O2. The van der Waals surface area contributed by atoms with Crippen molar-refractivity contribution in [2.24, 2.45) is 0 Å². The molecular weight excluding hydrogens is 218 g/mol. The highest BCUT2D eigenvalue weighted by molar-refractivity contribution is 6.32. The summed E-state index contributed by atoms with van der Waals surface area (Å²) < 4.78 is 4.50. The minimum absolute atomic E-state index is 0.0421. The largest absolute Gasteiger partial charge is 0.464 e. The number of carbonyl (C=O) groups excluding carboxylic acids is 1. The van der Waals surface area contributed by atoms with Crippen LogP contribution in [-0.4, -0.2) is 29.1 Å². The van der Waals surface area contributed by atoms with Gasteiger partial charge >= 0.3 is 5.97 Å². The van der Waals surface area contributed by atoms with Crippen molar-refractivity contribution in [1.29, 1.82) is 0 Å². The third-order valence-electron chi connectivity index (χ3n) is 2.04. The van der Waals surface area contributed by atoms with E-state index in [1.807, 2.05) is 0 Å². The van der Waals surface area contributed by atoms with Gasteiger partial charge in [0.1, 0.15) is 5.82 Å². The lowest BCUT2D eigenvalue weighted by Crippen LogP contribution is -2.09. The smallest absolute Gasteiger partial charge is 0.359 e. The number of carbonyl (C=O) groups is 1. The van der Waals surface area contributed by atoms with Gasteiger partial charge in [0, 0.05) is 6.04 Å². The quantitative estimate of drug-likeness (QED) is 0.793. The fourth-order valence-electron chi connectivity index (χ4n) is 1.11. The molecule has 2 rings (SSSR count). The van der Waals surface area contributed by atoms with E-state index in [1.165, 1.54) is 13.3 Å². The van der Waals surface area contributed by atoms with Gasteiger partial charge in [-0.1, -0.05) is 11.6 Å². The monoisotopic (exact) mass is 227 g/mol. The minimum Gasteiger partial charge on any atom is -0.464 e. The molecule has 0 spiro atoms. The van der Waals surface area contributed by atoms with E-state index in [0.717, 1.165) is 12.8 Å². The summed E-state index contributed by atoms with van der Waals surface area (Å²) in [7, 11) is 1.27. The number of hydrogen-bond acceptors (Lipinski definition) is 5. The highest BCUT2D eigenvalue weighted by Gasteiger charge is 2.22. The van der Waals surface area contributed by atoms with Crippen molar-refractivity contribution in [2.45, 2.75) is 18.9 Å². The lowest BCUT2D eigenvalue weighted by Gasteiger charge is -2.05. The number of nitrogens with one attached hydrogen (secondary N) is 1. The predicted octanol–water partition coefficient (Wildman–Crippen LogP) is 1.49. The van der Waals surface area contributed by atoms with Crippen molar-refractivity contribution < 1.29 is 9.53 Å². The van der Waals surface area contributed by atoms with Crippen LogP contribution in [0.5, 0.6) is 0 Å². The molecule has 0 bridgehead atoms. The second kappa shape index (κ2) is 4.02. The standard InChI is InChI=1S/C9H10ClN3O2/c1-15-9(14)7-8(10)13-6(4-11-7)12-5-2-3-5/h4-5H,2-3H2,1H3,(H,12,13). The van der Waals surface area contributed by atoms with Crippen LogP contribution in [0.4, 0.5) is 5.82 Å². The molecule has 0 unspecified atom stereocenters. The highest BCUT2D eigenvalue weighted by Crippen LogP contribution is 2.24. The molecule has 1 saturated carbocycles. The van der Waals surface area contributed by atoms with Crippen LogP contribution in [0.2, 0.25) is 5.15 Å². The second-order valence-corrected chi connectivity index (χ2v) is 3.66. The number of methoxy groups -OCH3 is 1. The number of ether oxygens (including phenoxy) is 1. The summed E-state index contributed by atoms with van der Waals surface area (Å²) in [5.74, 6) is 0.0145. The first-order chi connectivity index (χ1) is 7.20. The average molecular weight is 228 g/mol. The van der Waals surface area contributed by atoms with Crippen molar-refractivity contribution in [3.8, 4) is 0 Å². The van der Waals surface area contributed by atoms with E-state index in [9.17, 15) is 4.79 Å². The Morgan fingerprint density at radius 2 is 2.40 bits per heavy atom. The molecule has 1 fully saturated rings. The number of rotatable bonds is 3. The Hall–Kier alpha value is -1.36. The molecule has 1 N–H and O–H groups in total. The van der Waals surface area contributed by atoms with Gasteiger partial charge in [0.15, 0.2) is 10.8 Å². The molecule has 1 heterocycles. The van der Waals surface area contributed by atoms with E-state index in [0.29, 0.717) is 11.9 Å². The SMILES string of the molecule is COC(=O)c1ncc(NC2CC2)nc1Cl. The van der Waals surface area contributed by atoms with E-state index in [1.54, 1.807) is 0 Å². The molecule has 0 saturated heterocycles. The molecule has 0 atom stereocenters. The van der Waals surface area contributed by atoms with Gasteiger partial charge in [-0.25, -0.2) is 14.8 Å². The molecule has 1 aliphatic carbocycles. The summed E-state index contributed by atoms with van der Waals surface area (Å²) in [5.41, 5.74) is 0.0421. The summed E-state index contributed by atoms with van der Waals surface area (Å²) in [6.07, 6.45) is 3.76. The van der Waals surface area contributed by atoms with E-state index >= 15 is 0 Å². The molecule has 6 heteroatoms. The van der Waals surface area contributed by atoms with Crippen LogP contribution in [0.3, 0.4) is 0 Å². The van der Waals surface area contributed by atoms with Crippen LogP contribution in [0.15, 0.2) is 6.20 Å². The van der Waals surface area contributed by atoms with E-state index in [4.69, 9.17) is 11.6 Å². The summed E-state index contributed by atoms with van der Waals surface area (Å²) in [6.45, 7) is 0. The molecule has 80 valence electrons. The lowest BCUT2D eigenvalue weighted by atomic mass is 10.4. The predicted molar refractivity (Wildman–Crippen MR) is 55.0 cm³/mol. The van der Waals surface area contributed by atoms with Gasteiger partial charge in [-0.3, -0.25) is 0 Å². The molecule has 1 aromatic rings. The van der Waals surface area contributed by atoms with Crippen molar-refractivity contribution in [2.75, 3.05) is 12.4 Å². The Bertz CT molecular complexity index is 393. The van der Waals surface area contributed by atoms with Gasteiger partial charge in [0.25, 0.3) is 0 Å². The fourth-order valence-corrected chi connectivity index (χ4v) is 1.32. The first-order valence-electron chi connectivity index (χ1n) is 4.58. The van der Waals surface area contributed by atoms with E-state index < -0.39 is 5.97 Å². The van der Waals surface area contributed by atoms with Gasteiger partial charge in [0.05, 0.1) is 13.3 Å². The Kier molecular flexibility index (Phi) is 2.73. The van der Waals surface area contributed by atoms with Crippen LogP contribution >= 0.6 is 11.6 Å². The van der Waals surface area contributed by atoms with Crippen molar-refractivity contribution >= 4 is 23.4 Å². The Morgan fingerprint density at radius 3 is 2.93 bits per heavy atom. The summed E-state index contributed by atoms with van der Waals surface area (Å²) in [6, 6.07) is 0.472. The van der Waals surface area contributed by atoms with E-state index in [2.05, 4.69) is 20.0 Å². The zero-order chi connectivity index (χ0) is 10.8. The summed E-state index contributed by atoms with van der Waals surface area (Å²) in [4.78, 5) is 19.1. The maximum atomic E-state index is 11.2. The van der Waals surface area contributed by atoms with Gasteiger partial charge in [-0.15, -0.1) is 0 Å². The van der Waals surface area contributed by atoms with Crippen molar-refractivity contribution in [3.63, 3.8) is 0 Å². The average Bonchev–Trinajstić information content (AvgIpc) is 3.01. The third-order valence-corrected chi connectivity index (χ3v) is 2.30. The number of aromatic nitrogens is 2. The number of anilines is 1. The maximum absolute atomic E-state index is 11.2.